The van der Waals surface area contributed by atoms with Gasteiger partial charge in [0, 0.05) is 25.6 Å². The van der Waals surface area contributed by atoms with Crippen LogP contribution >= 0.6 is 0 Å². The van der Waals surface area contributed by atoms with Crippen LogP contribution < -0.4 is 0 Å². The second-order valence-electron chi connectivity index (χ2n) is 10.5. The maximum atomic E-state index is 10.9. The summed E-state index contributed by atoms with van der Waals surface area (Å²) in [4.78, 5) is 0. The van der Waals surface area contributed by atoms with Crippen molar-refractivity contribution in [1.29, 1.82) is 0 Å². The Bertz CT molecular complexity index is 760. The fourth-order valence-corrected chi connectivity index (χ4v) is 5.66. The van der Waals surface area contributed by atoms with Gasteiger partial charge in [0.2, 0.25) is 0 Å². The minimum absolute atomic E-state index is 0.109. The van der Waals surface area contributed by atoms with Crippen molar-refractivity contribution >= 4 is 0 Å². The predicted molar refractivity (Wildman–Crippen MR) is 136 cm³/mol. The van der Waals surface area contributed by atoms with Crippen LogP contribution in [0, 0.1) is 11.8 Å². The van der Waals surface area contributed by atoms with E-state index in [1.165, 1.54) is 5.56 Å². The van der Waals surface area contributed by atoms with Crippen LogP contribution in [0.15, 0.2) is 42.5 Å². The van der Waals surface area contributed by atoms with Gasteiger partial charge in [0.25, 0.3) is 0 Å². The summed E-state index contributed by atoms with van der Waals surface area (Å²) < 4.78 is 24.4. The van der Waals surface area contributed by atoms with Crippen LogP contribution in [-0.2, 0) is 25.4 Å². The molecule has 3 N–H and O–H groups in total. The molecule has 1 aromatic carbocycles. The number of ether oxygens (including phenoxy) is 4. The van der Waals surface area contributed by atoms with Crippen molar-refractivity contribution < 1.29 is 34.3 Å². The van der Waals surface area contributed by atoms with E-state index in [4.69, 9.17) is 18.9 Å². The molecular formula is C29H44O7. The molecule has 1 aromatic rings. The highest BCUT2D eigenvalue weighted by atomic mass is 16.7. The summed E-state index contributed by atoms with van der Waals surface area (Å²) in [5, 5.41) is 30.5. The maximum Gasteiger partial charge on any atom is 0.158 e. The largest absolute Gasteiger partial charge is 0.394 e. The van der Waals surface area contributed by atoms with Crippen LogP contribution in [-0.4, -0.2) is 72.1 Å². The summed E-state index contributed by atoms with van der Waals surface area (Å²) in [6.45, 7) is 1.11. The highest BCUT2D eigenvalue weighted by Crippen LogP contribution is 2.40. The Hall–Kier alpha value is -1.32. The maximum absolute atomic E-state index is 10.9. The molecule has 36 heavy (non-hydrogen) atoms. The zero-order chi connectivity index (χ0) is 25.2. The number of aryl methyl sites for hydroxylation is 1. The van der Waals surface area contributed by atoms with E-state index in [9.17, 15) is 15.3 Å². The van der Waals surface area contributed by atoms with Gasteiger partial charge >= 0.3 is 0 Å². The molecule has 0 spiro atoms. The van der Waals surface area contributed by atoms with Gasteiger partial charge in [0.05, 0.1) is 31.0 Å². The average Bonchev–Trinajstić information content (AvgIpc) is 3.20. The van der Waals surface area contributed by atoms with Crippen LogP contribution in [0.5, 0.6) is 0 Å². The first-order valence-electron chi connectivity index (χ1n) is 13.9. The van der Waals surface area contributed by atoms with Crippen LogP contribution in [0.1, 0.15) is 63.4 Å². The molecule has 2 aliphatic heterocycles. The lowest BCUT2D eigenvalue weighted by Crippen LogP contribution is -2.32. The molecule has 3 fully saturated rings. The van der Waals surface area contributed by atoms with E-state index in [0.717, 1.165) is 58.0 Å². The third-order valence-electron chi connectivity index (χ3n) is 7.68. The van der Waals surface area contributed by atoms with E-state index in [0.29, 0.717) is 19.4 Å². The molecule has 4 rings (SSSR count). The zero-order valence-corrected chi connectivity index (χ0v) is 21.3. The van der Waals surface area contributed by atoms with Crippen molar-refractivity contribution in [1.82, 2.24) is 0 Å². The van der Waals surface area contributed by atoms with Crippen LogP contribution in [0.4, 0.5) is 0 Å². The molecule has 0 radical (unpaired) electrons. The van der Waals surface area contributed by atoms with Gasteiger partial charge in [-0.05, 0) is 69.3 Å². The number of benzene rings is 1. The minimum Gasteiger partial charge on any atom is -0.394 e. The lowest BCUT2D eigenvalue weighted by molar-refractivity contribution is -0.193. The molecule has 3 unspecified atom stereocenters. The van der Waals surface area contributed by atoms with Gasteiger partial charge in [-0.1, -0.05) is 42.5 Å². The Morgan fingerprint density at radius 1 is 1.00 bits per heavy atom. The molecule has 7 heteroatoms. The van der Waals surface area contributed by atoms with Crippen LogP contribution in [0.25, 0.3) is 0 Å². The van der Waals surface area contributed by atoms with Crippen molar-refractivity contribution in [2.75, 3.05) is 19.8 Å². The molecule has 1 aliphatic carbocycles. The minimum atomic E-state index is -0.869. The number of aliphatic hydroxyl groups is 3. The van der Waals surface area contributed by atoms with E-state index in [1.807, 2.05) is 6.07 Å². The number of rotatable bonds is 12. The van der Waals surface area contributed by atoms with Crippen LogP contribution in [0.2, 0.25) is 0 Å². The van der Waals surface area contributed by atoms with Gasteiger partial charge < -0.3 is 34.3 Å². The predicted octanol–water partition coefficient (Wildman–Crippen LogP) is 3.74. The molecule has 202 valence electrons. The van der Waals surface area contributed by atoms with Gasteiger partial charge in [0.15, 0.2) is 12.6 Å². The summed E-state index contributed by atoms with van der Waals surface area (Å²) in [7, 11) is 0. The second-order valence-corrected chi connectivity index (χ2v) is 10.5. The Labute approximate surface area is 215 Å². The SMILES string of the molecule is OCC(O)C[C@@H]1[C@@H](/C=C/[C@H](CCc2ccccc2)OC2CCCCO2)[C@H](OC2CCCCO2)C[C@@H]1O. The Morgan fingerprint density at radius 3 is 2.39 bits per heavy atom. The van der Waals surface area contributed by atoms with Gasteiger partial charge in [-0.15, -0.1) is 0 Å². The molecule has 0 amide bonds. The molecule has 3 aliphatic rings. The Balaban J connectivity index is 1.47. The lowest BCUT2D eigenvalue weighted by atomic mass is 9.87. The van der Waals surface area contributed by atoms with Crippen molar-refractivity contribution in [2.24, 2.45) is 11.8 Å². The first-order chi connectivity index (χ1) is 17.6. The number of hydrogen-bond acceptors (Lipinski definition) is 7. The summed E-state index contributed by atoms with van der Waals surface area (Å²) >= 11 is 0. The second kappa shape index (κ2) is 14.6. The van der Waals surface area contributed by atoms with E-state index in [1.54, 1.807) is 0 Å². The first-order valence-corrected chi connectivity index (χ1v) is 13.9. The Morgan fingerprint density at radius 2 is 1.72 bits per heavy atom. The van der Waals surface area contributed by atoms with Crippen molar-refractivity contribution in [3.63, 3.8) is 0 Å². The summed E-state index contributed by atoms with van der Waals surface area (Å²) in [5.74, 6) is -0.320. The standard InChI is InChI=1S/C29H44O7/c30-20-22(31)18-25-24(27(19-26(25)32)36-29-11-5-7-17-34-29)15-14-23(35-28-10-4-6-16-33-28)13-12-21-8-2-1-3-9-21/h1-3,8-9,14-15,22-32H,4-7,10-13,16-20H2/b15-14+/t22?,23-,24+,25+,26-,27+,28?,29?/m0/s1. The van der Waals surface area contributed by atoms with E-state index in [2.05, 4.69) is 36.4 Å². The summed E-state index contributed by atoms with van der Waals surface area (Å²) in [6.07, 6.45) is 10.5. The lowest BCUT2D eigenvalue weighted by Gasteiger charge is -2.30. The molecular weight excluding hydrogens is 460 g/mol. The van der Waals surface area contributed by atoms with Crippen LogP contribution in [0.3, 0.4) is 0 Å². The topological polar surface area (TPSA) is 97.6 Å². The van der Waals surface area contributed by atoms with Gasteiger partial charge in [0.1, 0.15) is 0 Å². The fourth-order valence-electron chi connectivity index (χ4n) is 5.66. The van der Waals surface area contributed by atoms with Gasteiger partial charge in [-0.2, -0.15) is 0 Å². The summed E-state index contributed by atoms with van der Waals surface area (Å²) in [5.41, 5.74) is 1.26. The molecule has 2 saturated heterocycles. The normalized spacial score (nSPS) is 33.1. The van der Waals surface area contributed by atoms with E-state index in [-0.39, 0.29) is 43.2 Å². The fraction of sp³-hybridized carbons (Fsp3) is 0.724. The van der Waals surface area contributed by atoms with Crippen molar-refractivity contribution in [3.8, 4) is 0 Å². The first kappa shape index (κ1) is 27.7. The van der Waals surface area contributed by atoms with Crippen molar-refractivity contribution in [2.45, 2.75) is 101 Å². The third kappa shape index (κ3) is 8.35. The zero-order valence-electron chi connectivity index (χ0n) is 21.3. The third-order valence-corrected chi connectivity index (χ3v) is 7.68. The highest BCUT2D eigenvalue weighted by Gasteiger charge is 2.43. The van der Waals surface area contributed by atoms with E-state index >= 15 is 0 Å². The van der Waals surface area contributed by atoms with Gasteiger partial charge in [-0.3, -0.25) is 0 Å². The molecule has 2 heterocycles. The van der Waals surface area contributed by atoms with E-state index < -0.39 is 12.2 Å². The molecule has 0 aromatic heterocycles. The number of hydrogen-bond donors (Lipinski definition) is 3. The Kier molecular flexibility index (Phi) is 11.2. The molecule has 1 saturated carbocycles. The smallest absolute Gasteiger partial charge is 0.158 e. The van der Waals surface area contributed by atoms with Gasteiger partial charge in [-0.25, -0.2) is 0 Å². The molecule has 0 bridgehead atoms. The number of aliphatic hydroxyl groups excluding tert-OH is 3. The molecule has 8 atom stereocenters. The monoisotopic (exact) mass is 504 g/mol. The quantitative estimate of drug-likeness (QED) is 0.373. The highest BCUT2D eigenvalue weighted by molar-refractivity contribution is 5.15. The molecule has 7 nitrogen and oxygen atoms in total. The summed E-state index contributed by atoms with van der Waals surface area (Å²) in [6, 6.07) is 10.4. The van der Waals surface area contributed by atoms with Crippen molar-refractivity contribution in [3.05, 3.63) is 48.0 Å². The average molecular weight is 505 g/mol.